The fourth-order valence-electron chi connectivity index (χ4n) is 2.93. The van der Waals surface area contributed by atoms with Gasteiger partial charge in [-0.15, -0.1) is 0 Å². The Balaban J connectivity index is 1.55. The molecule has 0 aliphatic rings. The fraction of sp³-hybridized carbons (Fsp3) is 0.304. The molecule has 152 valence electrons. The molecule has 0 amide bonds. The normalized spacial score (nSPS) is 10.7. The predicted octanol–water partition coefficient (Wildman–Crippen LogP) is 4.32. The first kappa shape index (κ1) is 20.5. The minimum absolute atomic E-state index is 0.00644. The molecule has 0 bridgehead atoms. The summed E-state index contributed by atoms with van der Waals surface area (Å²) in [6, 6.07) is 12.4. The second kappa shape index (κ2) is 9.28. The van der Waals surface area contributed by atoms with Gasteiger partial charge in [-0.05, 0) is 56.2 Å². The number of benzene rings is 2. The number of rotatable bonds is 8. The van der Waals surface area contributed by atoms with Crippen molar-refractivity contribution in [1.29, 1.82) is 0 Å². The number of esters is 1. The monoisotopic (exact) mass is 396 g/mol. The number of aryl methyl sites for hydroxylation is 2. The third-order valence-electron chi connectivity index (χ3n) is 4.62. The molecule has 3 aromatic rings. The molecule has 29 heavy (non-hydrogen) atoms. The number of carbonyl (C=O) groups excluding carboxylic acids is 1. The Morgan fingerprint density at radius 3 is 2.38 bits per heavy atom. The first-order chi connectivity index (χ1) is 14.0. The molecule has 6 heteroatoms. The molecule has 0 spiro atoms. The summed E-state index contributed by atoms with van der Waals surface area (Å²) in [4.78, 5) is 23.9. The van der Waals surface area contributed by atoms with Crippen molar-refractivity contribution in [3.8, 4) is 11.5 Å². The maximum Gasteiger partial charge on any atom is 0.336 e. The molecule has 6 nitrogen and oxygen atoms in total. The summed E-state index contributed by atoms with van der Waals surface area (Å²) in [6.07, 6.45) is 0.102. The van der Waals surface area contributed by atoms with Crippen molar-refractivity contribution in [1.82, 2.24) is 0 Å². The second-order valence-corrected chi connectivity index (χ2v) is 6.64. The molecule has 0 aliphatic heterocycles. The molecule has 0 radical (unpaired) electrons. The standard InChI is InChI=1S/C23H24O6/c1-4-26-18-6-8-19(9-7-18)27-12-11-21(24)28-14-17-13-22(25)29-23-16(3)15(2)5-10-20(17)23/h5-10,13H,4,11-12,14H2,1-3H3. The van der Waals surface area contributed by atoms with Crippen LogP contribution in [0.25, 0.3) is 11.0 Å². The van der Waals surface area contributed by atoms with Gasteiger partial charge in [0.1, 0.15) is 23.7 Å². The van der Waals surface area contributed by atoms with Gasteiger partial charge < -0.3 is 18.6 Å². The first-order valence-electron chi connectivity index (χ1n) is 9.52. The zero-order valence-electron chi connectivity index (χ0n) is 16.8. The van der Waals surface area contributed by atoms with E-state index in [4.69, 9.17) is 18.6 Å². The lowest BCUT2D eigenvalue weighted by molar-refractivity contribution is -0.145. The molecule has 0 unspecified atom stereocenters. The van der Waals surface area contributed by atoms with E-state index in [1.54, 1.807) is 12.1 Å². The van der Waals surface area contributed by atoms with E-state index in [9.17, 15) is 9.59 Å². The maximum absolute atomic E-state index is 12.1. The first-order valence-corrected chi connectivity index (χ1v) is 9.52. The third kappa shape index (κ3) is 5.16. The molecule has 0 saturated carbocycles. The van der Waals surface area contributed by atoms with E-state index < -0.39 is 11.6 Å². The van der Waals surface area contributed by atoms with Gasteiger partial charge in [0.05, 0.1) is 19.6 Å². The Morgan fingerprint density at radius 2 is 1.69 bits per heavy atom. The minimum Gasteiger partial charge on any atom is -0.494 e. The van der Waals surface area contributed by atoms with E-state index in [-0.39, 0.29) is 19.6 Å². The van der Waals surface area contributed by atoms with Gasteiger partial charge in [0.15, 0.2) is 0 Å². The summed E-state index contributed by atoms with van der Waals surface area (Å²) in [5.41, 5.74) is 2.62. The zero-order valence-corrected chi connectivity index (χ0v) is 16.8. The summed E-state index contributed by atoms with van der Waals surface area (Å²) in [5.74, 6) is 1.02. The van der Waals surface area contributed by atoms with E-state index in [2.05, 4.69) is 0 Å². The van der Waals surface area contributed by atoms with Gasteiger partial charge in [0.25, 0.3) is 0 Å². The summed E-state index contributed by atoms with van der Waals surface area (Å²) in [6.45, 7) is 6.57. The molecular weight excluding hydrogens is 372 g/mol. The Morgan fingerprint density at radius 1 is 1.00 bits per heavy atom. The zero-order chi connectivity index (χ0) is 20.8. The molecule has 3 rings (SSSR count). The Kier molecular flexibility index (Phi) is 6.54. The van der Waals surface area contributed by atoms with Gasteiger partial charge in [-0.2, -0.15) is 0 Å². The summed E-state index contributed by atoms with van der Waals surface area (Å²) in [5, 5.41) is 0.770. The van der Waals surface area contributed by atoms with Crippen LogP contribution < -0.4 is 15.1 Å². The van der Waals surface area contributed by atoms with Crippen molar-refractivity contribution in [3.63, 3.8) is 0 Å². The lowest BCUT2D eigenvalue weighted by atomic mass is 10.0. The van der Waals surface area contributed by atoms with Crippen molar-refractivity contribution in [2.75, 3.05) is 13.2 Å². The Labute approximate surface area is 169 Å². The van der Waals surface area contributed by atoms with Crippen LogP contribution in [0.15, 0.2) is 51.7 Å². The smallest absolute Gasteiger partial charge is 0.336 e. The maximum atomic E-state index is 12.1. The van der Waals surface area contributed by atoms with Gasteiger partial charge in [-0.25, -0.2) is 4.79 Å². The van der Waals surface area contributed by atoms with Crippen LogP contribution in [0.4, 0.5) is 0 Å². The molecule has 0 fully saturated rings. The number of hydrogen-bond donors (Lipinski definition) is 0. The molecule has 1 heterocycles. The van der Waals surface area contributed by atoms with E-state index >= 15 is 0 Å². The highest BCUT2D eigenvalue weighted by molar-refractivity contribution is 5.84. The van der Waals surface area contributed by atoms with Crippen LogP contribution >= 0.6 is 0 Å². The number of carbonyl (C=O) groups is 1. The van der Waals surface area contributed by atoms with Gasteiger partial charge >= 0.3 is 11.6 Å². The van der Waals surface area contributed by atoms with Crippen LogP contribution in [0.5, 0.6) is 11.5 Å². The van der Waals surface area contributed by atoms with Crippen LogP contribution in [0, 0.1) is 13.8 Å². The van der Waals surface area contributed by atoms with E-state index in [0.29, 0.717) is 23.5 Å². The van der Waals surface area contributed by atoms with Crippen LogP contribution in [0.3, 0.4) is 0 Å². The molecule has 0 atom stereocenters. The molecular formula is C23H24O6. The molecule has 1 aromatic heterocycles. The molecule has 0 saturated heterocycles. The van der Waals surface area contributed by atoms with Crippen LogP contribution in [0.1, 0.15) is 30.0 Å². The summed E-state index contributed by atoms with van der Waals surface area (Å²) >= 11 is 0. The van der Waals surface area contributed by atoms with Gasteiger partial charge in [0, 0.05) is 17.0 Å². The number of ether oxygens (including phenoxy) is 3. The Hall–Kier alpha value is -3.28. The van der Waals surface area contributed by atoms with Crippen LogP contribution in [-0.2, 0) is 16.1 Å². The lowest BCUT2D eigenvalue weighted by Crippen LogP contribution is -2.11. The van der Waals surface area contributed by atoms with Gasteiger partial charge in [-0.3, -0.25) is 4.79 Å². The minimum atomic E-state index is -0.462. The van der Waals surface area contributed by atoms with E-state index in [0.717, 1.165) is 22.3 Å². The van der Waals surface area contributed by atoms with Crippen molar-refractivity contribution >= 4 is 16.9 Å². The second-order valence-electron chi connectivity index (χ2n) is 6.64. The molecule has 0 N–H and O–H groups in total. The van der Waals surface area contributed by atoms with Crippen LogP contribution in [-0.4, -0.2) is 19.2 Å². The topological polar surface area (TPSA) is 75.0 Å². The average Bonchev–Trinajstić information content (AvgIpc) is 2.71. The highest BCUT2D eigenvalue weighted by Crippen LogP contribution is 2.24. The number of hydrogen-bond acceptors (Lipinski definition) is 6. The largest absolute Gasteiger partial charge is 0.494 e. The van der Waals surface area contributed by atoms with Crippen LogP contribution in [0.2, 0.25) is 0 Å². The summed E-state index contributed by atoms with van der Waals surface area (Å²) < 4.78 is 21.6. The van der Waals surface area contributed by atoms with Crippen molar-refractivity contribution in [2.24, 2.45) is 0 Å². The van der Waals surface area contributed by atoms with E-state index in [1.807, 2.05) is 45.0 Å². The molecule has 2 aromatic carbocycles. The quantitative estimate of drug-likeness (QED) is 0.417. The fourth-order valence-corrected chi connectivity index (χ4v) is 2.93. The van der Waals surface area contributed by atoms with Crippen molar-refractivity contribution < 1.29 is 23.4 Å². The third-order valence-corrected chi connectivity index (χ3v) is 4.62. The molecule has 0 aliphatic carbocycles. The number of fused-ring (bicyclic) bond motifs is 1. The van der Waals surface area contributed by atoms with Crippen molar-refractivity contribution in [2.45, 2.75) is 33.8 Å². The Bertz CT molecular complexity index is 1050. The predicted molar refractivity (Wildman–Crippen MR) is 109 cm³/mol. The van der Waals surface area contributed by atoms with E-state index in [1.165, 1.54) is 6.07 Å². The highest BCUT2D eigenvalue weighted by atomic mass is 16.5. The lowest BCUT2D eigenvalue weighted by Gasteiger charge is -2.10. The van der Waals surface area contributed by atoms with Crippen molar-refractivity contribution in [3.05, 3.63) is 69.6 Å². The average molecular weight is 396 g/mol. The SMILES string of the molecule is CCOc1ccc(OCCC(=O)OCc2cc(=O)oc3c(C)c(C)ccc23)cc1. The summed E-state index contributed by atoms with van der Waals surface area (Å²) in [7, 11) is 0. The highest BCUT2D eigenvalue weighted by Gasteiger charge is 2.12. The van der Waals surface area contributed by atoms with Gasteiger partial charge in [0.2, 0.25) is 0 Å². The van der Waals surface area contributed by atoms with Gasteiger partial charge in [-0.1, -0.05) is 12.1 Å².